The Morgan fingerprint density at radius 3 is 2.16 bits per heavy atom. The van der Waals surface area contributed by atoms with Crippen molar-refractivity contribution >= 4 is 16.9 Å². The number of fused-ring (bicyclic) bond motifs is 6. The molecular weight excluding hydrogens is 458 g/mol. The van der Waals surface area contributed by atoms with E-state index in [0.717, 1.165) is 6.42 Å². The van der Waals surface area contributed by atoms with Gasteiger partial charge in [-0.1, -0.05) is 121 Å². The van der Waals surface area contributed by atoms with Gasteiger partial charge in [0.2, 0.25) is 0 Å². The Balaban J connectivity index is 1.22. The normalized spacial score (nSPS) is 18.4. The van der Waals surface area contributed by atoms with Crippen molar-refractivity contribution in [3.8, 4) is 22.3 Å². The van der Waals surface area contributed by atoms with Crippen LogP contribution >= 0.6 is 0 Å². The Morgan fingerprint density at radius 2 is 1.26 bits per heavy atom. The van der Waals surface area contributed by atoms with Crippen LogP contribution in [0.5, 0.6) is 0 Å². The number of allylic oxidation sites excluding steroid dienone is 2. The Hall–Kier alpha value is -4.62. The monoisotopic (exact) mass is 485 g/mol. The summed E-state index contributed by atoms with van der Waals surface area (Å²) in [7, 11) is 0. The fraction of sp³-hybridized carbons (Fsp3) is 0.0811. The predicted octanol–water partition coefficient (Wildman–Crippen LogP) is 9.18. The Labute approximate surface area is 224 Å². The summed E-state index contributed by atoms with van der Waals surface area (Å²) in [6, 6.07) is 44.6. The molecule has 1 heteroatoms. The van der Waals surface area contributed by atoms with E-state index in [1.165, 1.54) is 61.5 Å². The molecule has 0 radical (unpaired) electrons. The maximum Gasteiger partial charge on any atom is 0.0630 e. The lowest BCUT2D eigenvalue weighted by molar-refractivity contribution is 0.747. The lowest BCUT2D eigenvalue weighted by Crippen LogP contribution is -2.29. The Morgan fingerprint density at radius 1 is 0.553 bits per heavy atom. The molecule has 5 aromatic carbocycles. The van der Waals surface area contributed by atoms with E-state index in [-0.39, 0.29) is 6.04 Å². The van der Waals surface area contributed by atoms with Gasteiger partial charge in [0.25, 0.3) is 0 Å². The summed E-state index contributed by atoms with van der Waals surface area (Å²) in [5.41, 5.74) is 14.7. The van der Waals surface area contributed by atoms with Crippen LogP contribution in [0.4, 0.5) is 11.4 Å². The fourth-order valence-electron chi connectivity index (χ4n) is 6.67. The number of anilines is 2. The standard InChI is InChI=1S/C37H27N/c1-2-10-25(11-3-1)31-14-6-8-16-35(31)38-36-17-9-7-15-32(36)34-24-27(20-21-37(34)38)26-18-19-29-22-28-12-4-5-13-30(28)33(29)23-26/h1-21,23-24,34,37H,22H2. The maximum absolute atomic E-state index is 2.55. The number of hydrogen-bond acceptors (Lipinski definition) is 1. The van der Waals surface area contributed by atoms with E-state index in [1.807, 2.05) is 0 Å². The molecule has 3 aliphatic rings. The first-order valence-electron chi connectivity index (χ1n) is 13.5. The van der Waals surface area contributed by atoms with Gasteiger partial charge in [-0.3, -0.25) is 0 Å². The molecule has 180 valence electrons. The van der Waals surface area contributed by atoms with Crippen molar-refractivity contribution in [1.82, 2.24) is 0 Å². The summed E-state index contributed by atoms with van der Waals surface area (Å²) >= 11 is 0. The summed E-state index contributed by atoms with van der Waals surface area (Å²) in [4.78, 5) is 2.55. The van der Waals surface area contributed by atoms with Crippen molar-refractivity contribution < 1.29 is 0 Å². The number of para-hydroxylation sites is 2. The van der Waals surface area contributed by atoms with Gasteiger partial charge in [-0.2, -0.15) is 0 Å². The fourth-order valence-corrected chi connectivity index (χ4v) is 6.67. The molecule has 2 atom stereocenters. The quantitative estimate of drug-likeness (QED) is 0.241. The third-order valence-electron chi connectivity index (χ3n) is 8.43. The highest BCUT2D eigenvalue weighted by Gasteiger charge is 2.39. The molecule has 0 aromatic heterocycles. The minimum absolute atomic E-state index is 0.246. The Bertz CT molecular complexity index is 1760. The predicted molar refractivity (Wildman–Crippen MR) is 159 cm³/mol. The molecule has 1 heterocycles. The number of rotatable bonds is 3. The third-order valence-corrected chi connectivity index (χ3v) is 8.43. The second kappa shape index (κ2) is 8.46. The van der Waals surface area contributed by atoms with E-state index in [1.54, 1.807) is 0 Å². The van der Waals surface area contributed by atoms with Crippen LogP contribution in [0.3, 0.4) is 0 Å². The highest BCUT2D eigenvalue weighted by Crippen LogP contribution is 2.51. The maximum atomic E-state index is 2.55. The molecule has 0 saturated heterocycles. The highest BCUT2D eigenvalue weighted by atomic mass is 15.2. The van der Waals surface area contributed by atoms with Crippen molar-refractivity contribution in [2.75, 3.05) is 4.90 Å². The topological polar surface area (TPSA) is 3.24 Å². The largest absolute Gasteiger partial charge is 0.333 e. The van der Waals surface area contributed by atoms with E-state index in [9.17, 15) is 0 Å². The van der Waals surface area contributed by atoms with Gasteiger partial charge in [-0.15, -0.1) is 0 Å². The van der Waals surface area contributed by atoms with Crippen LogP contribution < -0.4 is 4.90 Å². The van der Waals surface area contributed by atoms with E-state index < -0.39 is 0 Å². The highest BCUT2D eigenvalue weighted by molar-refractivity contribution is 5.89. The zero-order valence-electron chi connectivity index (χ0n) is 21.1. The van der Waals surface area contributed by atoms with Crippen molar-refractivity contribution in [3.63, 3.8) is 0 Å². The SMILES string of the molecule is C1=CC2C(C=C1c1ccc3c(c1)-c1ccccc1C3)c1ccccc1N2c1ccccc1-c1ccccc1. The number of benzene rings is 5. The molecular formula is C37H27N. The van der Waals surface area contributed by atoms with Crippen molar-refractivity contribution in [3.05, 3.63) is 162 Å². The van der Waals surface area contributed by atoms with Crippen molar-refractivity contribution in [1.29, 1.82) is 0 Å². The molecule has 0 bridgehead atoms. The molecule has 0 fully saturated rings. The van der Waals surface area contributed by atoms with Gasteiger partial charge in [0.15, 0.2) is 0 Å². The molecule has 0 saturated carbocycles. The average molecular weight is 486 g/mol. The van der Waals surface area contributed by atoms with Crippen LogP contribution in [-0.2, 0) is 6.42 Å². The van der Waals surface area contributed by atoms with Crippen LogP contribution in [0, 0.1) is 0 Å². The lowest BCUT2D eigenvalue weighted by Gasteiger charge is -2.31. The molecule has 1 nitrogen and oxygen atoms in total. The summed E-state index contributed by atoms with van der Waals surface area (Å²) in [6.45, 7) is 0. The molecule has 5 aromatic rings. The second-order valence-corrected chi connectivity index (χ2v) is 10.5. The zero-order valence-corrected chi connectivity index (χ0v) is 21.1. The van der Waals surface area contributed by atoms with Crippen molar-refractivity contribution in [2.24, 2.45) is 0 Å². The smallest absolute Gasteiger partial charge is 0.0630 e. The minimum Gasteiger partial charge on any atom is -0.333 e. The van der Waals surface area contributed by atoms with Crippen LogP contribution in [0.25, 0.3) is 27.8 Å². The molecule has 8 rings (SSSR count). The van der Waals surface area contributed by atoms with Crippen LogP contribution in [-0.4, -0.2) is 6.04 Å². The molecule has 0 amide bonds. The van der Waals surface area contributed by atoms with Gasteiger partial charge in [-0.25, -0.2) is 0 Å². The van der Waals surface area contributed by atoms with E-state index >= 15 is 0 Å². The van der Waals surface area contributed by atoms with Gasteiger partial charge in [0.05, 0.1) is 6.04 Å². The van der Waals surface area contributed by atoms with Crippen LogP contribution in [0.1, 0.15) is 28.2 Å². The van der Waals surface area contributed by atoms with Crippen LogP contribution in [0.15, 0.2) is 140 Å². The molecule has 2 aliphatic carbocycles. The lowest BCUT2D eigenvalue weighted by atomic mass is 9.85. The minimum atomic E-state index is 0.246. The first-order valence-corrected chi connectivity index (χ1v) is 13.5. The summed E-state index contributed by atoms with van der Waals surface area (Å²) in [5.74, 6) is 0.301. The first kappa shape index (κ1) is 21.5. The second-order valence-electron chi connectivity index (χ2n) is 10.5. The molecule has 1 aliphatic heterocycles. The molecule has 0 N–H and O–H groups in total. The van der Waals surface area contributed by atoms with E-state index in [0.29, 0.717) is 5.92 Å². The van der Waals surface area contributed by atoms with Gasteiger partial charge in [0.1, 0.15) is 0 Å². The molecule has 38 heavy (non-hydrogen) atoms. The summed E-state index contributed by atoms with van der Waals surface area (Å²) < 4.78 is 0. The summed E-state index contributed by atoms with van der Waals surface area (Å²) in [6.07, 6.45) is 8.29. The van der Waals surface area contributed by atoms with E-state index in [2.05, 4.69) is 144 Å². The molecule has 0 spiro atoms. The third kappa shape index (κ3) is 3.25. The first-order chi connectivity index (χ1) is 18.8. The van der Waals surface area contributed by atoms with Crippen molar-refractivity contribution in [2.45, 2.75) is 18.4 Å². The summed E-state index contributed by atoms with van der Waals surface area (Å²) in [5, 5.41) is 0. The van der Waals surface area contributed by atoms with Gasteiger partial charge >= 0.3 is 0 Å². The number of nitrogens with zero attached hydrogens (tertiary/aromatic N) is 1. The Kier molecular flexibility index (Phi) is 4.78. The molecule has 2 unspecified atom stereocenters. The van der Waals surface area contributed by atoms with Gasteiger partial charge in [0, 0.05) is 22.9 Å². The van der Waals surface area contributed by atoms with Gasteiger partial charge in [-0.05, 0) is 69.1 Å². The van der Waals surface area contributed by atoms with E-state index in [4.69, 9.17) is 0 Å². The van der Waals surface area contributed by atoms with Crippen LogP contribution in [0.2, 0.25) is 0 Å². The average Bonchev–Trinajstić information content (AvgIpc) is 3.52. The van der Waals surface area contributed by atoms with Gasteiger partial charge < -0.3 is 4.90 Å². The number of hydrogen-bond donors (Lipinski definition) is 0. The zero-order chi connectivity index (χ0) is 25.1.